The number of rotatable bonds is 4. The number of nitrogens with two attached hydrogens (primary N) is 1. The minimum Gasteiger partial charge on any atom is -0.399 e. The summed E-state index contributed by atoms with van der Waals surface area (Å²) in [6.45, 7) is 4.64. The Hall–Kier alpha value is -1.51. The van der Waals surface area contributed by atoms with E-state index in [1.807, 2.05) is 38.1 Å². The quantitative estimate of drug-likeness (QED) is 0.740. The topological polar surface area (TPSA) is 55.1 Å². The molecular formula is C12H18N2O. The molecule has 0 unspecified atom stereocenters. The summed E-state index contributed by atoms with van der Waals surface area (Å²) in [6, 6.07) is 7.52. The molecule has 1 aromatic carbocycles. The van der Waals surface area contributed by atoms with Crippen molar-refractivity contribution in [2.75, 3.05) is 5.73 Å². The first kappa shape index (κ1) is 11.6. The summed E-state index contributed by atoms with van der Waals surface area (Å²) in [5, 5.41) is 2.87. The van der Waals surface area contributed by atoms with E-state index in [9.17, 15) is 4.79 Å². The van der Waals surface area contributed by atoms with Gasteiger partial charge in [-0.3, -0.25) is 4.79 Å². The van der Waals surface area contributed by atoms with Gasteiger partial charge in [0.25, 0.3) is 0 Å². The molecule has 0 aliphatic rings. The molecule has 1 amide bonds. The van der Waals surface area contributed by atoms with E-state index >= 15 is 0 Å². The van der Waals surface area contributed by atoms with Gasteiger partial charge in [-0.05, 0) is 23.6 Å². The number of benzene rings is 1. The van der Waals surface area contributed by atoms with E-state index in [0.29, 0.717) is 18.9 Å². The molecule has 3 heteroatoms. The Kier molecular flexibility index (Phi) is 4.16. The van der Waals surface area contributed by atoms with Crippen LogP contribution in [0.4, 0.5) is 5.69 Å². The third kappa shape index (κ3) is 4.49. The maximum atomic E-state index is 11.4. The molecule has 15 heavy (non-hydrogen) atoms. The highest BCUT2D eigenvalue weighted by atomic mass is 16.1. The summed E-state index contributed by atoms with van der Waals surface area (Å²) in [5.74, 6) is 0.498. The summed E-state index contributed by atoms with van der Waals surface area (Å²) in [6.07, 6.45) is 0.578. The predicted molar refractivity (Wildman–Crippen MR) is 62.2 cm³/mol. The van der Waals surface area contributed by atoms with Crippen LogP contribution in [0.1, 0.15) is 25.8 Å². The van der Waals surface area contributed by atoms with E-state index < -0.39 is 0 Å². The number of carbonyl (C=O) groups excluding carboxylic acids is 1. The molecule has 0 aromatic heterocycles. The second-order valence-electron chi connectivity index (χ2n) is 4.12. The van der Waals surface area contributed by atoms with Crippen LogP contribution in [0.5, 0.6) is 0 Å². The Bertz CT molecular complexity index is 317. The van der Waals surface area contributed by atoms with Gasteiger partial charge in [0.1, 0.15) is 0 Å². The lowest BCUT2D eigenvalue weighted by Gasteiger charge is -2.07. The SMILES string of the molecule is CC(C)CC(=O)NCc1ccc(N)cc1. The van der Waals surface area contributed by atoms with Gasteiger partial charge < -0.3 is 11.1 Å². The minimum atomic E-state index is 0.0989. The fraction of sp³-hybridized carbons (Fsp3) is 0.417. The third-order valence-electron chi connectivity index (χ3n) is 2.06. The van der Waals surface area contributed by atoms with E-state index in [1.54, 1.807) is 0 Å². The first-order chi connectivity index (χ1) is 7.08. The highest BCUT2D eigenvalue weighted by Gasteiger charge is 2.03. The molecule has 0 spiro atoms. The lowest BCUT2D eigenvalue weighted by Crippen LogP contribution is -2.23. The molecule has 0 bridgehead atoms. The number of nitrogens with one attached hydrogen (secondary N) is 1. The van der Waals surface area contributed by atoms with Crippen LogP contribution < -0.4 is 11.1 Å². The molecule has 0 saturated carbocycles. The standard InChI is InChI=1S/C12H18N2O/c1-9(2)7-12(15)14-8-10-3-5-11(13)6-4-10/h3-6,9H,7-8,13H2,1-2H3,(H,14,15). The summed E-state index contributed by atoms with van der Waals surface area (Å²) in [5.41, 5.74) is 7.37. The maximum Gasteiger partial charge on any atom is 0.220 e. The molecule has 0 radical (unpaired) electrons. The van der Waals surface area contributed by atoms with Gasteiger partial charge in [-0.25, -0.2) is 0 Å². The number of carbonyl (C=O) groups is 1. The lowest BCUT2D eigenvalue weighted by molar-refractivity contribution is -0.121. The first-order valence-electron chi connectivity index (χ1n) is 5.19. The molecule has 0 heterocycles. The summed E-state index contributed by atoms with van der Waals surface area (Å²) in [4.78, 5) is 11.4. The maximum absolute atomic E-state index is 11.4. The molecule has 82 valence electrons. The number of anilines is 1. The normalized spacial score (nSPS) is 10.3. The van der Waals surface area contributed by atoms with Gasteiger partial charge in [-0.1, -0.05) is 26.0 Å². The zero-order valence-electron chi connectivity index (χ0n) is 9.29. The summed E-state index contributed by atoms with van der Waals surface area (Å²) in [7, 11) is 0. The summed E-state index contributed by atoms with van der Waals surface area (Å²) >= 11 is 0. The van der Waals surface area contributed by atoms with Crippen molar-refractivity contribution in [3.05, 3.63) is 29.8 Å². The van der Waals surface area contributed by atoms with Crippen molar-refractivity contribution in [2.24, 2.45) is 5.92 Å². The molecule has 0 atom stereocenters. The highest BCUT2D eigenvalue weighted by Crippen LogP contribution is 2.05. The largest absolute Gasteiger partial charge is 0.399 e. The van der Waals surface area contributed by atoms with Gasteiger partial charge in [0, 0.05) is 18.7 Å². The molecule has 3 N–H and O–H groups in total. The number of hydrogen-bond acceptors (Lipinski definition) is 2. The summed E-state index contributed by atoms with van der Waals surface area (Å²) < 4.78 is 0. The van der Waals surface area contributed by atoms with Crippen LogP contribution in [0, 0.1) is 5.92 Å². The van der Waals surface area contributed by atoms with E-state index in [4.69, 9.17) is 5.73 Å². The Morgan fingerprint density at radius 2 is 1.93 bits per heavy atom. The van der Waals surface area contributed by atoms with Gasteiger partial charge in [-0.15, -0.1) is 0 Å². The molecule has 1 aromatic rings. The third-order valence-corrected chi connectivity index (χ3v) is 2.06. The van der Waals surface area contributed by atoms with Crippen molar-refractivity contribution in [3.63, 3.8) is 0 Å². The van der Waals surface area contributed by atoms with E-state index in [-0.39, 0.29) is 5.91 Å². The van der Waals surface area contributed by atoms with E-state index in [1.165, 1.54) is 0 Å². The van der Waals surface area contributed by atoms with Crippen molar-refractivity contribution in [1.82, 2.24) is 5.32 Å². The zero-order valence-corrected chi connectivity index (χ0v) is 9.29. The van der Waals surface area contributed by atoms with Gasteiger partial charge >= 0.3 is 0 Å². The molecule has 0 aliphatic heterocycles. The van der Waals surface area contributed by atoms with Crippen LogP contribution in [-0.4, -0.2) is 5.91 Å². The molecule has 3 nitrogen and oxygen atoms in total. The van der Waals surface area contributed by atoms with Crippen LogP contribution in [0.3, 0.4) is 0 Å². The van der Waals surface area contributed by atoms with Crippen molar-refractivity contribution < 1.29 is 4.79 Å². The molecule has 0 aliphatic carbocycles. The van der Waals surface area contributed by atoms with Crippen LogP contribution in [-0.2, 0) is 11.3 Å². The fourth-order valence-corrected chi connectivity index (χ4v) is 1.28. The monoisotopic (exact) mass is 206 g/mol. The van der Waals surface area contributed by atoms with Crippen molar-refractivity contribution in [3.8, 4) is 0 Å². The Morgan fingerprint density at radius 1 is 1.33 bits per heavy atom. The van der Waals surface area contributed by atoms with E-state index in [0.717, 1.165) is 11.3 Å². The van der Waals surface area contributed by atoms with Crippen LogP contribution >= 0.6 is 0 Å². The zero-order chi connectivity index (χ0) is 11.3. The van der Waals surface area contributed by atoms with Crippen molar-refractivity contribution in [1.29, 1.82) is 0 Å². The Labute approximate surface area is 90.7 Å². The average molecular weight is 206 g/mol. The van der Waals surface area contributed by atoms with Crippen LogP contribution in [0.25, 0.3) is 0 Å². The van der Waals surface area contributed by atoms with Gasteiger partial charge in [0.15, 0.2) is 0 Å². The highest BCUT2D eigenvalue weighted by molar-refractivity contribution is 5.76. The molecular weight excluding hydrogens is 188 g/mol. The Balaban J connectivity index is 2.37. The number of hydrogen-bond donors (Lipinski definition) is 2. The molecule has 1 rings (SSSR count). The second-order valence-corrected chi connectivity index (χ2v) is 4.12. The predicted octanol–water partition coefficient (Wildman–Crippen LogP) is 1.93. The Morgan fingerprint density at radius 3 is 2.47 bits per heavy atom. The van der Waals surface area contributed by atoms with Gasteiger partial charge in [-0.2, -0.15) is 0 Å². The number of nitrogen functional groups attached to an aromatic ring is 1. The number of amides is 1. The average Bonchev–Trinajstić information content (AvgIpc) is 2.16. The van der Waals surface area contributed by atoms with Gasteiger partial charge in [0.05, 0.1) is 0 Å². The second kappa shape index (κ2) is 5.39. The van der Waals surface area contributed by atoms with E-state index in [2.05, 4.69) is 5.32 Å². The van der Waals surface area contributed by atoms with Crippen LogP contribution in [0.2, 0.25) is 0 Å². The lowest BCUT2D eigenvalue weighted by atomic mass is 10.1. The van der Waals surface area contributed by atoms with Gasteiger partial charge in [0.2, 0.25) is 5.91 Å². The molecule has 0 saturated heterocycles. The minimum absolute atomic E-state index is 0.0989. The molecule has 0 fully saturated rings. The van der Waals surface area contributed by atoms with Crippen LogP contribution in [0.15, 0.2) is 24.3 Å². The van der Waals surface area contributed by atoms with Crippen molar-refractivity contribution in [2.45, 2.75) is 26.8 Å². The fourth-order valence-electron chi connectivity index (χ4n) is 1.28. The first-order valence-corrected chi connectivity index (χ1v) is 5.19. The van der Waals surface area contributed by atoms with Crippen molar-refractivity contribution >= 4 is 11.6 Å². The smallest absolute Gasteiger partial charge is 0.220 e.